The molecule has 0 spiro atoms. The lowest BCUT2D eigenvalue weighted by Gasteiger charge is -1.81. The van der Waals surface area contributed by atoms with Crippen LogP contribution in [0.25, 0.3) is 0 Å². The molecular weight excluding hydrogens is 90.1 g/mol. The maximum Gasteiger partial charge on any atom is 0.112 e. The molecule has 40 valence electrons. The van der Waals surface area contributed by atoms with E-state index < -0.39 is 0 Å². The van der Waals surface area contributed by atoms with Crippen molar-refractivity contribution in [2.75, 3.05) is 0 Å². The van der Waals surface area contributed by atoms with Crippen molar-refractivity contribution in [1.82, 2.24) is 0 Å². The number of allylic oxidation sites excluding steroid dienone is 2. The van der Waals surface area contributed by atoms with Crippen molar-refractivity contribution in [3.8, 4) is 0 Å². The van der Waals surface area contributed by atoms with Gasteiger partial charge in [-0.2, -0.15) is 0 Å². The third-order valence-electron chi connectivity index (χ3n) is 0.563. The molecule has 0 aliphatic carbocycles. The standard InChI is InChI=1S/C5H9NO/c1-2-5(7)3-4-6/h2-4,7H,6H2,1H3/b4-3-,5-2+. The average Bonchev–Trinajstić information content (AvgIpc) is 1.68. The van der Waals surface area contributed by atoms with Crippen molar-refractivity contribution >= 4 is 0 Å². The summed E-state index contributed by atoms with van der Waals surface area (Å²) in [4.78, 5) is 0. The van der Waals surface area contributed by atoms with E-state index in [2.05, 4.69) is 0 Å². The first-order chi connectivity index (χ1) is 3.31. The van der Waals surface area contributed by atoms with Crippen LogP contribution < -0.4 is 5.73 Å². The molecule has 0 heterocycles. The topological polar surface area (TPSA) is 46.2 Å². The molecule has 0 amide bonds. The Morgan fingerprint density at radius 3 is 2.43 bits per heavy atom. The molecule has 0 radical (unpaired) electrons. The monoisotopic (exact) mass is 99.1 g/mol. The van der Waals surface area contributed by atoms with Crippen LogP contribution in [0.4, 0.5) is 0 Å². The van der Waals surface area contributed by atoms with Crippen molar-refractivity contribution in [2.24, 2.45) is 5.73 Å². The van der Waals surface area contributed by atoms with Crippen LogP contribution in [-0.4, -0.2) is 5.11 Å². The smallest absolute Gasteiger partial charge is 0.112 e. The Kier molecular flexibility index (Phi) is 2.85. The fourth-order valence-corrected chi connectivity index (χ4v) is 0.195. The molecule has 0 aromatic carbocycles. The molecule has 0 bridgehead atoms. The highest BCUT2D eigenvalue weighted by Gasteiger charge is 1.73. The van der Waals surface area contributed by atoms with E-state index >= 15 is 0 Å². The normalized spacial score (nSPS) is 13.0. The van der Waals surface area contributed by atoms with Gasteiger partial charge in [-0.05, 0) is 25.3 Å². The molecule has 0 aliphatic rings. The van der Waals surface area contributed by atoms with Crippen LogP contribution in [0.2, 0.25) is 0 Å². The lowest BCUT2D eigenvalue weighted by Crippen LogP contribution is -1.77. The predicted molar refractivity (Wildman–Crippen MR) is 29.7 cm³/mol. The van der Waals surface area contributed by atoms with Crippen molar-refractivity contribution in [2.45, 2.75) is 6.92 Å². The largest absolute Gasteiger partial charge is 0.508 e. The van der Waals surface area contributed by atoms with Gasteiger partial charge in [0.15, 0.2) is 0 Å². The highest BCUT2D eigenvalue weighted by molar-refractivity contribution is 5.07. The molecule has 0 saturated heterocycles. The highest BCUT2D eigenvalue weighted by atomic mass is 16.3. The maximum atomic E-state index is 8.55. The Morgan fingerprint density at radius 2 is 2.29 bits per heavy atom. The van der Waals surface area contributed by atoms with Gasteiger partial charge in [-0.15, -0.1) is 0 Å². The van der Waals surface area contributed by atoms with E-state index in [1.54, 1.807) is 13.0 Å². The first-order valence-corrected chi connectivity index (χ1v) is 2.04. The van der Waals surface area contributed by atoms with Gasteiger partial charge in [-0.25, -0.2) is 0 Å². The van der Waals surface area contributed by atoms with Crippen LogP contribution >= 0.6 is 0 Å². The molecule has 0 unspecified atom stereocenters. The third-order valence-corrected chi connectivity index (χ3v) is 0.563. The van der Waals surface area contributed by atoms with E-state index in [9.17, 15) is 0 Å². The minimum Gasteiger partial charge on any atom is -0.508 e. The van der Waals surface area contributed by atoms with E-state index in [4.69, 9.17) is 10.8 Å². The summed E-state index contributed by atoms with van der Waals surface area (Å²) in [6.07, 6.45) is 4.26. The summed E-state index contributed by atoms with van der Waals surface area (Å²) < 4.78 is 0. The molecule has 2 heteroatoms. The highest BCUT2D eigenvalue weighted by Crippen LogP contribution is 1.84. The van der Waals surface area contributed by atoms with Gasteiger partial charge < -0.3 is 10.8 Å². The minimum absolute atomic E-state index is 0.197. The van der Waals surface area contributed by atoms with Gasteiger partial charge in [-0.3, -0.25) is 0 Å². The molecular formula is C5H9NO. The number of nitrogens with two attached hydrogens (primary N) is 1. The van der Waals surface area contributed by atoms with Crippen molar-refractivity contribution < 1.29 is 5.11 Å². The molecule has 2 nitrogen and oxygen atoms in total. The van der Waals surface area contributed by atoms with Crippen LogP contribution in [0.1, 0.15) is 6.92 Å². The molecule has 0 saturated carbocycles. The fourth-order valence-electron chi connectivity index (χ4n) is 0.195. The molecule has 0 aliphatic heterocycles. The van der Waals surface area contributed by atoms with Gasteiger partial charge in [0, 0.05) is 0 Å². The molecule has 0 aromatic rings. The van der Waals surface area contributed by atoms with Crippen molar-refractivity contribution in [1.29, 1.82) is 0 Å². The lowest BCUT2D eigenvalue weighted by molar-refractivity contribution is 0.431. The van der Waals surface area contributed by atoms with Crippen LogP contribution in [0.15, 0.2) is 24.1 Å². The maximum absolute atomic E-state index is 8.55. The first kappa shape index (κ1) is 6.08. The Morgan fingerprint density at radius 1 is 1.71 bits per heavy atom. The van der Waals surface area contributed by atoms with Gasteiger partial charge >= 0.3 is 0 Å². The number of aliphatic hydroxyl groups is 1. The second-order valence-corrected chi connectivity index (χ2v) is 1.07. The number of hydrogen-bond acceptors (Lipinski definition) is 2. The Labute approximate surface area is 43.0 Å². The molecule has 0 atom stereocenters. The Hall–Kier alpha value is -0.920. The molecule has 3 N–H and O–H groups in total. The number of aliphatic hydroxyl groups excluding tert-OH is 1. The van der Waals surface area contributed by atoms with Crippen molar-refractivity contribution in [3.05, 3.63) is 24.1 Å². The van der Waals surface area contributed by atoms with Crippen LogP contribution in [0, 0.1) is 0 Å². The molecule has 7 heavy (non-hydrogen) atoms. The summed E-state index contributed by atoms with van der Waals surface area (Å²) in [7, 11) is 0. The summed E-state index contributed by atoms with van der Waals surface area (Å²) in [6, 6.07) is 0. The summed E-state index contributed by atoms with van der Waals surface area (Å²) in [6.45, 7) is 1.73. The van der Waals surface area contributed by atoms with E-state index in [0.29, 0.717) is 0 Å². The van der Waals surface area contributed by atoms with Crippen LogP contribution in [0.3, 0.4) is 0 Å². The van der Waals surface area contributed by atoms with Crippen LogP contribution in [-0.2, 0) is 0 Å². The van der Waals surface area contributed by atoms with E-state index in [0.717, 1.165) is 0 Å². The van der Waals surface area contributed by atoms with Crippen LogP contribution in [0.5, 0.6) is 0 Å². The number of hydrogen-bond donors (Lipinski definition) is 2. The second-order valence-electron chi connectivity index (χ2n) is 1.07. The lowest BCUT2D eigenvalue weighted by atomic mass is 10.4. The zero-order valence-electron chi connectivity index (χ0n) is 4.26. The van der Waals surface area contributed by atoms with E-state index in [-0.39, 0.29) is 5.76 Å². The second kappa shape index (κ2) is 3.28. The predicted octanol–water partition coefficient (Wildman–Crippen LogP) is 0.921. The fraction of sp³-hybridized carbons (Fsp3) is 0.200. The Balaban J connectivity index is 3.58. The quantitative estimate of drug-likeness (QED) is 0.379. The van der Waals surface area contributed by atoms with Gasteiger partial charge in [0.25, 0.3) is 0 Å². The first-order valence-electron chi connectivity index (χ1n) is 2.04. The van der Waals surface area contributed by atoms with Gasteiger partial charge in [0.1, 0.15) is 5.76 Å². The molecule has 0 fully saturated rings. The van der Waals surface area contributed by atoms with Gasteiger partial charge in [-0.1, -0.05) is 0 Å². The van der Waals surface area contributed by atoms with E-state index in [1.807, 2.05) is 0 Å². The summed E-state index contributed by atoms with van der Waals surface area (Å²) in [5.41, 5.74) is 4.92. The Bertz CT molecular complexity index is 94.3. The number of rotatable bonds is 1. The minimum atomic E-state index is 0.197. The zero-order chi connectivity index (χ0) is 5.70. The molecule has 0 aromatic heterocycles. The van der Waals surface area contributed by atoms with Gasteiger partial charge in [0.05, 0.1) is 0 Å². The van der Waals surface area contributed by atoms with E-state index in [1.165, 1.54) is 12.3 Å². The van der Waals surface area contributed by atoms with Crippen molar-refractivity contribution in [3.63, 3.8) is 0 Å². The summed E-state index contributed by atoms with van der Waals surface area (Å²) in [5.74, 6) is 0.197. The molecule has 0 rings (SSSR count). The summed E-state index contributed by atoms with van der Waals surface area (Å²) >= 11 is 0. The average molecular weight is 99.1 g/mol. The SMILES string of the molecule is C/C=C(O)\C=C/N. The zero-order valence-corrected chi connectivity index (χ0v) is 4.26. The summed E-state index contributed by atoms with van der Waals surface area (Å²) in [5, 5.41) is 8.55. The third kappa shape index (κ3) is 2.89. The van der Waals surface area contributed by atoms with Gasteiger partial charge in [0.2, 0.25) is 0 Å².